The number of aromatic nitrogens is 2. The molecular formula is C15H23N3OS. The van der Waals surface area contributed by atoms with E-state index in [0.717, 1.165) is 54.5 Å². The van der Waals surface area contributed by atoms with Gasteiger partial charge in [-0.15, -0.1) is 0 Å². The Hall–Kier alpha value is -1.10. The van der Waals surface area contributed by atoms with Gasteiger partial charge in [-0.25, -0.2) is 9.97 Å². The zero-order valence-corrected chi connectivity index (χ0v) is 13.4. The van der Waals surface area contributed by atoms with Gasteiger partial charge in [-0.2, -0.15) is 0 Å². The summed E-state index contributed by atoms with van der Waals surface area (Å²) in [6.45, 7) is 5.88. The second-order valence-electron chi connectivity index (χ2n) is 5.30. The van der Waals surface area contributed by atoms with Gasteiger partial charge in [0.2, 0.25) is 5.91 Å². The van der Waals surface area contributed by atoms with Crippen LogP contribution in [0.4, 0.5) is 0 Å². The fraction of sp³-hybridized carbons (Fsp3) is 0.667. The molecule has 2 heterocycles. The van der Waals surface area contributed by atoms with Crippen molar-refractivity contribution >= 4 is 17.7 Å². The summed E-state index contributed by atoms with van der Waals surface area (Å²) in [6.07, 6.45) is 6.86. The highest BCUT2D eigenvalue weighted by atomic mass is 32.2. The summed E-state index contributed by atoms with van der Waals surface area (Å²) in [5, 5.41) is 0.811. The van der Waals surface area contributed by atoms with Gasteiger partial charge in [-0.1, -0.05) is 11.8 Å². The second kappa shape index (κ2) is 7.07. The van der Waals surface area contributed by atoms with E-state index in [2.05, 4.69) is 9.97 Å². The highest BCUT2D eigenvalue weighted by Crippen LogP contribution is 2.18. The molecule has 20 heavy (non-hydrogen) atoms. The van der Waals surface area contributed by atoms with Gasteiger partial charge in [-0.05, 0) is 51.3 Å². The average molecular weight is 293 g/mol. The lowest BCUT2D eigenvalue weighted by Crippen LogP contribution is -2.35. The van der Waals surface area contributed by atoms with Crippen LogP contribution in [0.1, 0.15) is 42.6 Å². The Bertz CT molecular complexity index is 461. The second-order valence-corrected chi connectivity index (χ2v) is 6.07. The van der Waals surface area contributed by atoms with Crippen LogP contribution in [-0.4, -0.2) is 40.1 Å². The van der Waals surface area contributed by atoms with Gasteiger partial charge < -0.3 is 4.90 Å². The Balaban J connectivity index is 1.98. The molecule has 1 aromatic rings. The molecule has 0 aromatic carbocycles. The number of rotatable bonds is 4. The molecule has 0 N–H and O–H groups in total. The third-order valence-electron chi connectivity index (χ3n) is 3.88. The summed E-state index contributed by atoms with van der Waals surface area (Å²) in [7, 11) is 0. The molecule has 1 amide bonds. The first-order valence-corrected chi connectivity index (χ1v) is 8.50. The third kappa shape index (κ3) is 3.72. The molecule has 0 unspecified atom stereocenters. The van der Waals surface area contributed by atoms with Gasteiger partial charge >= 0.3 is 0 Å². The number of carbonyl (C=O) groups is 1. The first kappa shape index (κ1) is 15.3. The summed E-state index contributed by atoms with van der Waals surface area (Å²) >= 11 is 1.56. The Labute approximate surface area is 125 Å². The van der Waals surface area contributed by atoms with E-state index in [1.807, 2.05) is 25.0 Å². The lowest BCUT2D eigenvalue weighted by atomic mass is 10.1. The smallest absolute Gasteiger partial charge is 0.222 e. The molecule has 4 nitrogen and oxygen atoms in total. The van der Waals surface area contributed by atoms with E-state index in [1.54, 1.807) is 11.8 Å². The van der Waals surface area contributed by atoms with Gasteiger partial charge in [0.05, 0.1) is 0 Å². The lowest BCUT2D eigenvalue weighted by molar-refractivity contribution is -0.132. The summed E-state index contributed by atoms with van der Waals surface area (Å²) in [5.41, 5.74) is 3.15. The van der Waals surface area contributed by atoms with Crippen molar-refractivity contribution in [3.8, 4) is 0 Å². The number of hydrogen-bond donors (Lipinski definition) is 0. The maximum Gasteiger partial charge on any atom is 0.222 e. The fourth-order valence-corrected chi connectivity index (χ4v) is 3.15. The Morgan fingerprint density at radius 1 is 1.15 bits per heavy atom. The quantitative estimate of drug-likeness (QED) is 0.632. The predicted molar refractivity (Wildman–Crippen MR) is 82.0 cm³/mol. The molecule has 0 bridgehead atoms. The van der Waals surface area contributed by atoms with Crippen LogP contribution in [0, 0.1) is 13.8 Å². The van der Waals surface area contributed by atoms with Crippen LogP contribution >= 0.6 is 11.8 Å². The van der Waals surface area contributed by atoms with Crippen LogP contribution in [-0.2, 0) is 11.2 Å². The molecule has 0 aliphatic carbocycles. The average Bonchev–Trinajstić information content (AvgIpc) is 2.46. The molecule has 1 aliphatic heterocycles. The number of thioether (sulfide) groups is 1. The van der Waals surface area contributed by atoms with E-state index in [9.17, 15) is 4.79 Å². The summed E-state index contributed by atoms with van der Waals surface area (Å²) in [5.74, 6) is 0.275. The molecule has 5 heteroatoms. The van der Waals surface area contributed by atoms with Crippen molar-refractivity contribution in [3.05, 3.63) is 17.0 Å². The number of aryl methyl sites for hydroxylation is 2. The SMILES string of the molecule is CSc1nc(C)c(CCC(=O)N2CCCCC2)c(C)n1. The third-order valence-corrected chi connectivity index (χ3v) is 4.43. The Morgan fingerprint density at radius 2 is 1.75 bits per heavy atom. The van der Waals surface area contributed by atoms with Crippen LogP contribution in [0.25, 0.3) is 0 Å². The van der Waals surface area contributed by atoms with Crippen molar-refractivity contribution in [1.29, 1.82) is 0 Å². The summed E-state index contributed by atoms with van der Waals surface area (Å²) in [6, 6.07) is 0. The molecule has 1 aliphatic rings. The van der Waals surface area contributed by atoms with Crippen LogP contribution in [0.2, 0.25) is 0 Å². The van der Waals surface area contributed by atoms with E-state index in [-0.39, 0.29) is 5.91 Å². The van der Waals surface area contributed by atoms with Gasteiger partial charge in [0.15, 0.2) is 5.16 Å². The molecule has 1 saturated heterocycles. The molecule has 2 rings (SSSR count). The maximum absolute atomic E-state index is 12.2. The van der Waals surface area contributed by atoms with Crippen LogP contribution < -0.4 is 0 Å². The molecule has 1 aromatic heterocycles. The zero-order chi connectivity index (χ0) is 14.5. The van der Waals surface area contributed by atoms with E-state index < -0.39 is 0 Å². The normalized spacial score (nSPS) is 15.4. The number of nitrogens with zero attached hydrogens (tertiary/aromatic N) is 3. The molecule has 0 atom stereocenters. The van der Waals surface area contributed by atoms with E-state index in [4.69, 9.17) is 0 Å². The standard InChI is InChI=1S/C15H23N3OS/c1-11-13(12(2)17-15(16-11)20-3)7-8-14(19)18-9-5-4-6-10-18/h4-10H2,1-3H3. The molecule has 110 valence electrons. The lowest BCUT2D eigenvalue weighted by Gasteiger charge is -2.26. The van der Waals surface area contributed by atoms with Crippen molar-refractivity contribution in [2.75, 3.05) is 19.3 Å². The molecule has 0 saturated carbocycles. The minimum absolute atomic E-state index is 0.275. The molecule has 1 fully saturated rings. The maximum atomic E-state index is 12.2. The monoisotopic (exact) mass is 293 g/mol. The molecule has 0 spiro atoms. The summed E-state index contributed by atoms with van der Waals surface area (Å²) in [4.78, 5) is 23.1. The molecule has 0 radical (unpaired) electrons. The largest absolute Gasteiger partial charge is 0.343 e. The van der Waals surface area contributed by atoms with Gasteiger partial charge in [0, 0.05) is 30.9 Å². The zero-order valence-electron chi connectivity index (χ0n) is 12.6. The van der Waals surface area contributed by atoms with Crippen LogP contribution in [0.5, 0.6) is 0 Å². The predicted octanol–water partition coefficient (Wildman–Crippen LogP) is 2.76. The van der Waals surface area contributed by atoms with Gasteiger partial charge in [-0.3, -0.25) is 4.79 Å². The number of carbonyl (C=O) groups excluding carboxylic acids is 1. The van der Waals surface area contributed by atoms with Crippen LogP contribution in [0.15, 0.2) is 5.16 Å². The van der Waals surface area contributed by atoms with Crippen molar-refractivity contribution in [1.82, 2.24) is 14.9 Å². The highest BCUT2D eigenvalue weighted by Gasteiger charge is 2.17. The van der Waals surface area contributed by atoms with Crippen molar-refractivity contribution in [2.45, 2.75) is 51.1 Å². The molecular weight excluding hydrogens is 270 g/mol. The topological polar surface area (TPSA) is 46.1 Å². The van der Waals surface area contributed by atoms with Crippen molar-refractivity contribution in [3.63, 3.8) is 0 Å². The highest BCUT2D eigenvalue weighted by molar-refractivity contribution is 7.98. The van der Waals surface area contributed by atoms with E-state index in [1.165, 1.54) is 6.42 Å². The van der Waals surface area contributed by atoms with Crippen molar-refractivity contribution in [2.24, 2.45) is 0 Å². The fourth-order valence-electron chi connectivity index (χ4n) is 2.70. The van der Waals surface area contributed by atoms with Crippen molar-refractivity contribution < 1.29 is 4.79 Å². The number of likely N-dealkylation sites (tertiary alicyclic amines) is 1. The van der Waals surface area contributed by atoms with E-state index in [0.29, 0.717) is 6.42 Å². The van der Waals surface area contributed by atoms with E-state index >= 15 is 0 Å². The Morgan fingerprint density at radius 3 is 2.30 bits per heavy atom. The first-order chi connectivity index (χ1) is 9.61. The number of hydrogen-bond acceptors (Lipinski definition) is 4. The van der Waals surface area contributed by atoms with Crippen LogP contribution in [0.3, 0.4) is 0 Å². The number of amides is 1. The summed E-state index contributed by atoms with van der Waals surface area (Å²) < 4.78 is 0. The minimum Gasteiger partial charge on any atom is -0.343 e. The first-order valence-electron chi connectivity index (χ1n) is 7.27. The Kier molecular flexibility index (Phi) is 5.40. The number of piperidine rings is 1. The minimum atomic E-state index is 0.275. The van der Waals surface area contributed by atoms with Gasteiger partial charge in [0.1, 0.15) is 0 Å². The van der Waals surface area contributed by atoms with Gasteiger partial charge in [0.25, 0.3) is 0 Å².